The molecule has 0 radical (unpaired) electrons. The van der Waals surface area contributed by atoms with E-state index in [0.29, 0.717) is 49.3 Å². The zero-order valence-electron chi connectivity index (χ0n) is 13.3. The van der Waals surface area contributed by atoms with E-state index in [1.165, 1.54) is 11.8 Å². The maximum Gasteiger partial charge on any atom is 0.169 e. The zero-order valence-corrected chi connectivity index (χ0v) is 14.1. The minimum Gasteiger partial charge on any atom is -0.352 e. The number of nitrogens with zero attached hydrogens (tertiary/aromatic N) is 4. The Hall–Kier alpha value is -1.60. The van der Waals surface area contributed by atoms with Crippen molar-refractivity contribution < 1.29 is 14.3 Å². The molecule has 2 heterocycles. The van der Waals surface area contributed by atoms with Gasteiger partial charge in [0.05, 0.1) is 19.8 Å². The first-order valence-electron chi connectivity index (χ1n) is 7.40. The van der Waals surface area contributed by atoms with Crippen molar-refractivity contribution in [2.45, 2.75) is 26.1 Å². The monoisotopic (exact) mass is 339 g/mol. The molecule has 0 aromatic carbocycles. The number of hydrogen-bond acceptors (Lipinski definition) is 9. The Kier molecular flexibility index (Phi) is 7.35. The Bertz CT molecular complexity index is 523. The molecule has 0 aliphatic carbocycles. The minimum atomic E-state index is -0.227. The van der Waals surface area contributed by atoms with Crippen molar-refractivity contribution in [3.63, 3.8) is 0 Å². The largest absolute Gasteiger partial charge is 0.352 e. The van der Waals surface area contributed by atoms with Crippen LogP contribution in [0.4, 0.5) is 0 Å². The molecule has 2 aliphatic rings. The maximum absolute atomic E-state index is 9.39. The molecule has 1 fully saturated rings. The van der Waals surface area contributed by atoms with Gasteiger partial charge in [0.25, 0.3) is 0 Å². The van der Waals surface area contributed by atoms with Crippen LogP contribution < -0.4 is 5.48 Å². The second kappa shape index (κ2) is 9.52. The summed E-state index contributed by atoms with van der Waals surface area (Å²) in [6.45, 7) is 3.97. The van der Waals surface area contributed by atoms with Crippen molar-refractivity contribution in [3.05, 3.63) is 11.4 Å². The molecule has 2 aliphatic heterocycles. The number of hydroxylamine groups is 1. The predicted octanol–water partition coefficient (Wildman–Crippen LogP) is 1.44. The highest BCUT2D eigenvalue weighted by Gasteiger charge is 2.23. The molecule has 0 spiro atoms. The summed E-state index contributed by atoms with van der Waals surface area (Å²) in [5, 5.41) is 15.8. The van der Waals surface area contributed by atoms with E-state index in [1.54, 1.807) is 18.1 Å². The highest BCUT2D eigenvalue weighted by molar-refractivity contribution is 8.13. The summed E-state index contributed by atoms with van der Waals surface area (Å²) < 4.78 is 10.9. The van der Waals surface area contributed by atoms with Gasteiger partial charge in [-0.2, -0.15) is 10.4 Å². The first-order valence-corrected chi connectivity index (χ1v) is 8.63. The average Bonchev–Trinajstić information content (AvgIpc) is 2.60. The molecular formula is C14H21N5O3S. The van der Waals surface area contributed by atoms with Gasteiger partial charge in [0.2, 0.25) is 0 Å². The fourth-order valence-corrected chi connectivity index (χ4v) is 2.63. The van der Waals surface area contributed by atoms with E-state index in [1.807, 2.05) is 6.26 Å². The minimum absolute atomic E-state index is 0.227. The fraction of sp³-hybridized carbons (Fsp3) is 0.643. The summed E-state index contributed by atoms with van der Waals surface area (Å²) in [5.74, 6) is 0.496. The van der Waals surface area contributed by atoms with Crippen LogP contribution in [-0.2, 0) is 14.3 Å². The number of nitriles is 1. The molecule has 0 amide bonds. The van der Waals surface area contributed by atoms with Gasteiger partial charge >= 0.3 is 0 Å². The van der Waals surface area contributed by atoms with Crippen LogP contribution in [0.1, 0.15) is 19.8 Å². The summed E-state index contributed by atoms with van der Waals surface area (Å²) in [4.78, 5) is 9.81. The summed E-state index contributed by atoms with van der Waals surface area (Å²) >= 11 is 1.42. The molecule has 23 heavy (non-hydrogen) atoms. The van der Waals surface area contributed by atoms with Crippen LogP contribution in [0.15, 0.2) is 21.5 Å². The van der Waals surface area contributed by atoms with Gasteiger partial charge in [-0.1, -0.05) is 0 Å². The Balaban J connectivity index is 1.93. The van der Waals surface area contributed by atoms with E-state index >= 15 is 0 Å². The lowest BCUT2D eigenvalue weighted by molar-refractivity contribution is -0.188. The lowest BCUT2D eigenvalue weighted by Gasteiger charge is -2.27. The standard InChI is InChI=1S/C14H21N5O3S/c1-3-17-19-10-16-14(23-2)11(9-15)13(19)18-22-8-5-12-20-6-4-7-21-12/h3,12,18H,4-8,10H2,1-2H3/b17-3-. The molecule has 0 aromatic heterocycles. The SMILES string of the molecule is C/C=N\N1CN=C(SC)C(C#N)=C1NOCCC1OCCCO1. The lowest BCUT2D eigenvalue weighted by Crippen LogP contribution is -2.35. The first-order chi connectivity index (χ1) is 11.3. The molecule has 0 saturated carbocycles. The van der Waals surface area contributed by atoms with Crippen LogP contribution >= 0.6 is 11.8 Å². The van der Waals surface area contributed by atoms with E-state index in [9.17, 15) is 5.26 Å². The molecule has 0 bridgehead atoms. The number of hydrogen-bond donors (Lipinski definition) is 1. The van der Waals surface area contributed by atoms with Crippen molar-refractivity contribution in [3.8, 4) is 6.07 Å². The van der Waals surface area contributed by atoms with Gasteiger partial charge in [0.15, 0.2) is 12.1 Å². The van der Waals surface area contributed by atoms with Crippen molar-refractivity contribution in [1.82, 2.24) is 10.5 Å². The molecule has 1 N–H and O–H groups in total. The van der Waals surface area contributed by atoms with Gasteiger partial charge in [-0.05, 0) is 19.6 Å². The average molecular weight is 339 g/mol. The first kappa shape index (κ1) is 17.7. The number of nitrogens with one attached hydrogen (secondary N) is 1. The highest BCUT2D eigenvalue weighted by Crippen LogP contribution is 2.20. The van der Waals surface area contributed by atoms with E-state index in [4.69, 9.17) is 14.3 Å². The highest BCUT2D eigenvalue weighted by atomic mass is 32.2. The van der Waals surface area contributed by atoms with Gasteiger partial charge in [0.1, 0.15) is 23.4 Å². The smallest absolute Gasteiger partial charge is 0.169 e. The van der Waals surface area contributed by atoms with Crippen molar-refractivity contribution in [2.75, 3.05) is 32.7 Å². The summed E-state index contributed by atoms with van der Waals surface area (Å²) in [6.07, 6.45) is 4.83. The predicted molar refractivity (Wildman–Crippen MR) is 88.5 cm³/mol. The van der Waals surface area contributed by atoms with Crippen molar-refractivity contribution in [2.24, 2.45) is 10.1 Å². The van der Waals surface area contributed by atoms with Gasteiger partial charge in [-0.25, -0.2) is 10.5 Å². The lowest BCUT2D eigenvalue weighted by atomic mass is 10.3. The second-order valence-electron chi connectivity index (χ2n) is 4.68. The van der Waals surface area contributed by atoms with Crippen LogP contribution in [-0.4, -0.2) is 55.3 Å². The van der Waals surface area contributed by atoms with Crippen LogP contribution in [0.5, 0.6) is 0 Å². The summed E-state index contributed by atoms with van der Waals surface area (Å²) in [6, 6.07) is 2.15. The Labute approximate surface area is 140 Å². The Morgan fingerprint density at radius 2 is 2.35 bits per heavy atom. The van der Waals surface area contributed by atoms with Crippen LogP contribution in [0.2, 0.25) is 0 Å². The molecule has 9 heteroatoms. The van der Waals surface area contributed by atoms with Crippen LogP contribution in [0.25, 0.3) is 0 Å². The van der Waals surface area contributed by atoms with Gasteiger partial charge in [0, 0.05) is 12.6 Å². The Morgan fingerprint density at radius 1 is 1.57 bits per heavy atom. The van der Waals surface area contributed by atoms with E-state index < -0.39 is 0 Å². The zero-order chi connectivity index (χ0) is 16.5. The molecule has 126 valence electrons. The van der Waals surface area contributed by atoms with Gasteiger partial charge in [-0.15, -0.1) is 11.8 Å². The number of hydrazone groups is 1. The maximum atomic E-state index is 9.39. The quantitative estimate of drug-likeness (QED) is 0.445. The van der Waals surface area contributed by atoms with E-state index in [0.717, 1.165) is 6.42 Å². The summed E-state index contributed by atoms with van der Waals surface area (Å²) in [7, 11) is 0. The third-order valence-corrected chi connectivity index (χ3v) is 3.86. The molecule has 0 aromatic rings. The summed E-state index contributed by atoms with van der Waals surface area (Å²) in [5.41, 5.74) is 3.24. The molecular weight excluding hydrogens is 318 g/mol. The van der Waals surface area contributed by atoms with Crippen molar-refractivity contribution >= 4 is 23.0 Å². The molecule has 0 unspecified atom stereocenters. The molecule has 8 nitrogen and oxygen atoms in total. The van der Waals surface area contributed by atoms with E-state index in [2.05, 4.69) is 21.6 Å². The number of aliphatic imine (C=N–C) groups is 1. The van der Waals surface area contributed by atoms with E-state index in [-0.39, 0.29) is 6.29 Å². The van der Waals surface area contributed by atoms with Crippen LogP contribution in [0, 0.1) is 11.3 Å². The van der Waals surface area contributed by atoms with Crippen LogP contribution in [0.3, 0.4) is 0 Å². The number of rotatable bonds is 6. The molecule has 0 atom stereocenters. The Morgan fingerprint density at radius 3 is 3.00 bits per heavy atom. The molecule has 2 rings (SSSR count). The van der Waals surface area contributed by atoms with Gasteiger partial charge in [-0.3, -0.25) is 9.83 Å². The number of ether oxygens (including phenoxy) is 2. The molecule has 1 saturated heterocycles. The number of thioether (sulfide) groups is 1. The third-order valence-electron chi connectivity index (χ3n) is 3.14. The topological polar surface area (TPSA) is 91.5 Å². The third kappa shape index (κ3) is 4.94. The van der Waals surface area contributed by atoms with Gasteiger partial charge < -0.3 is 9.47 Å². The normalized spacial score (nSPS) is 19.9. The second-order valence-corrected chi connectivity index (χ2v) is 5.48. The fourth-order valence-electron chi connectivity index (χ4n) is 2.09. The van der Waals surface area contributed by atoms with Crippen molar-refractivity contribution in [1.29, 1.82) is 5.26 Å².